The molecule has 1 aliphatic carbocycles. The van der Waals surface area contributed by atoms with Crippen LogP contribution >= 0.6 is 11.6 Å². The van der Waals surface area contributed by atoms with Crippen LogP contribution in [0.2, 0.25) is 5.02 Å². The van der Waals surface area contributed by atoms with Gasteiger partial charge in [-0.3, -0.25) is 14.6 Å². The van der Waals surface area contributed by atoms with Crippen LogP contribution in [0.5, 0.6) is 0 Å². The van der Waals surface area contributed by atoms with Crippen LogP contribution in [0, 0.1) is 5.92 Å². The number of amides is 2. The van der Waals surface area contributed by atoms with Gasteiger partial charge in [-0.1, -0.05) is 36.6 Å². The van der Waals surface area contributed by atoms with Crippen LogP contribution in [0.1, 0.15) is 43.0 Å². The fourth-order valence-corrected chi connectivity index (χ4v) is 4.83. The first kappa shape index (κ1) is 23.8. The molecule has 2 amide bonds. The number of sulfone groups is 1. The second-order valence-corrected chi connectivity index (χ2v) is 10.0. The number of hydrogen-bond donors (Lipinski definition) is 3. The summed E-state index contributed by atoms with van der Waals surface area (Å²) < 4.78 is 23.7. The van der Waals surface area contributed by atoms with Gasteiger partial charge in [0.2, 0.25) is 0 Å². The average molecular weight is 479 g/mol. The first-order valence-corrected chi connectivity index (χ1v) is 12.2. The monoisotopic (exact) mass is 478 g/mol. The van der Waals surface area contributed by atoms with E-state index >= 15 is 0 Å². The molecule has 1 atom stereocenters. The first-order valence-electron chi connectivity index (χ1n) is 9.88. The molecule has 0 saturated heterocycles. The fraction of sp³-hybridized carbons (Fsp3) is 0.333. The Morgan fingerprint density at radius 1 is 1.25 bits per heavy atom. The van der Waals surface area contributed by atoms with Gasteiger partial charge in [0.1, 0.15) is 0 Å². The summed E-state index contributed by atoms with van der Waals surface area (Å²) in [6.07, 6.45) is 7.71. The van der Waals surface area contributed by atoms with E-state index in [2.05, 4.69) is 15.3 Å². The van der Waals surface area contributed by atoms with Gasteiger partial charge in [-0.2, -0.15) is 0 Å². The second kappa shape index (κ2) is 9.76. The second-order valence-electron chi connectivity index (χ2n) is 7.63. The van der Waals surface area contributed by atoms with Crippen LogP contribution in [0.25, 0.3) is 5.57 Å². The van der Waals surface area contributed by atoms with Crippen LogP contribution in [0.3, 0.4) is 0 Å². The molecular weight excluding hydrogens is 456 g/mol. The standard InChI is InChI=1S/C21H23ClN4O5S/c1-32(30,31)17-7-6-13(9-15(17)22)14(8-12-4-2-3-5-12)21(29)26-18-11-24-16(10-25-18)19(27)20(23)28/h6-12,19,27H,2-5H2,1H3,(H2,23,28)(H,25,26,29)/b14-8+. The highest BCUT2D eigenvalue weighted by atomic mass is 35.5. The van der Waals surface area contributed by atoms with Gasteiger partial charge < -0.3 is 16.2 Å². The molecule has 4 N–H and O–H groups in total. The fourth-order valence-electron chi connectivity index (χ4n) is 3.51. The molecule has 0 aliphatic heterocycles. The zero-order valence-corrected chi connectivity index (χ0v) is 18.9. The van der Waals surface area contributed by atoms with Crippen molar-refractivity contribution in [1.82, 2.24) is 9.97 Å². The summed E-state index contributed by atoms with van der Waals surface area (Å²) in [6.45, 7) is 0. The lowest BCUT2D eigenvalue weighted by Gasteiger charge is -2.13. The van der Waals surface area contributed by atoms with E-state index in [4.69, 9.17) is 17.3 Å². The molecule has 0 bridgehead atoms. The van der Waals surface area contributed by atoms with Gasteiger partial charge in [0, 0.05) is 11.8 Å². The zero-order chi connectivity index (χ0) is 23.5. The maximum Gasteiger partial charge on any atom is 0.257 e. The smallest absolute Gasteiger partial charge is 0.257 e. The summed E-state index contributed by atoms with van der Waals surface area (Å²) in [6, 6.07) is 4.37. The number of nitrogens with one attached hydrogen (secondary N) is 1. The molecule has 1 saturated carbocycles. The minimum absolute atomic E-state index is 0.0157. The Hall–Kier alpha value is -2.82. The van der Waals surface area contributed by atoms with Gasteiger partial charge in [0.05, 0.1) is 28.0 Å². The summed E-state index contributed by atoms with van der Waals surface area (Å²) in [5.41, 5.74) is 5.80. The third kappa shape index (κ3) is 5.70. The lowest BCUT2D eigenvalue weighted by atomic mass is 9.98. The number of aliphatic hydroxyl groups excluding tert-OH is 1. The molecule has 9 nitrogen and oxygen atoms in total. The molecule has 32 heavy (non-hydrogen) atoms. The molecule has 1 heterocycles. The molecule has 1 aromatic heterocycles. The van der Waals surface area contributed by atoms with E-state index in [1.54, 1.807) is 6.07 Å². The third-order valence-electron chi connectivity index (χ3n) is 5.15. The summed E-state index contributed by atoms with van der Waals surface area (Å²) in [7, 11) is -3.51. The van der Waals surface area contributed by atoms with Crippen molar-refractivity contribution in [2.45, 2.75) is 36.7 Å². The van der Waals surface area contributed by atoms with Crippen LogP contribution in [0.4, 0.5) is 5.82 Å². The Bertz CT molecular complexity index is 1160. The van der Waals surface area contributed by atoms with Crippen molar-refractivity contribution in [2.75, 3.05) is 11.6 Å². The van der Waals surface area contributed by atoms with E-state index in [1.807, 2.05) is 6.08 Å². The van der Waals surface area contributed by atoms with Crippen LogP contribution < -0.4 is 11.1 Å². The Morgan fingerprint density at radius 3 is 2.47 bits per heavy atom. The van der Waals surface area contributed by atoms with Gasteiger partial charge in [0.25, 0.3) is 11.8 Å². The molecule has 3 rings (SSSR count). The highest BCUT2D eigenvalue weighted by molar-refractivity contribution is 7.90. The van der Waals surface area contributed by atoms with Gasteiger partial charge in [-0.05, 0) is 36.5 Å². The van der Waals surface area contributed by atoms with Crippen molar-refractivity contribution in [2.24, 2.45) is 11.7 Å². The highest BCUT2D eigenvalue weighted by Gasteiger charge is 2.21. The van der Waals surface area contributed by atoms with Crippen LogP contribution in [-0.2, 0) is 19.4 Å². The summed E-state index contributed by atoms with van der Waals surface area (Å²) >= 11 is 6.19. The predicted molar refractivity (Wildman–Crippen MR) is 119 cm³/mol. The number of benzene rings is 1. The van der Waals surface area contributed by atoms with Crippen molar-refractivity contribution in [3.63, 3.8) is 0 Å². The number of halogens is 1. The van der Waals surface area contributed by atoms with Crippen molar-refractivity contribution in [3.05, 3.63) is 52.9 Å². The number of hydrogen-bond acceptors (Lipinski definition) is 7. The zero-order valence-electron chi connectivity index (χ0n) is 17.3. The molecule has 170 valence electrons. The number of nitrogens with zero attached hydrogens (tertiary/aromatic N) is 2. The molecule has 1 fully saturated rings. The van der Waals surface area contributed by atoms with E-state index in [-0.39, 0.29) is 27.3 Å². The molecular formula is C21H23ClN4O5S. The lowest BCUT2D eigenvalue weighted by molar-refractivity contribution is -0.126. The van der Waals surface area contributed by atoms with Crippen molar-refractivity contribution >= 4 is 44.6 Å². The summed E-state index contributed by atoms with van der Waals surface area (Å²) in [5.74, 6) is -1.13. The lowest BCUT2D eigenvalue weighted by Crippen LogP contribution is -2.22. The van der Waals surface area contributed by atoms with Gasteiger partial charge in [-0.15, -0.1) is 0 Å². The number of aliphatic hydroxyl groups is 1. The maximum absolute atomic E-state index is 13.1. The van der Waals surface area contributed by atoms with Gasteiger partial charge in [0.15, 0.2) is 21.8 Å². The Morgan fingerprint density at radius 2 is 1.94 bits per heavy atom. The predicted octanol–water partition coefficient (Wildman–Crippen LogP) is 2.26. The van der Waals surface area contributed by atoms with Crippen LogP contribution in [-0.4, -0.2) is 41.6 Å². The Balaban J connectivity index is 1.90. The van der Waals surface area contributed by atoms with Crippen LogP contribution in [0.15, 0.2) is 41.6 Å². The molecule has 1 aromatic carbocycles. The maximum atomic E-state index is 13.1. The largest absolute Gasteiger partial charge is 0.377 e. The number of primary amides is 1. The number of nitrogens with two attached hydrogens (primary N) is 1. The molecule has 11 heteroatoms. The summed E-state index contributed by atoms with van der Waals surface area (Å²) in [4.78, 5) is 32.0. The minimum Gasteiger partial charge on any atom is -0.377 e. The number of aromatic nitrogens is 2. The first-order chi connectivity index (χ1) is 15.1. The average Bonchev–Trinajstić information content (AvgIpc) is 3.24. The van der Waals surface area contributed by atoms with Crippen molar-refractivity contribution < 1.29 is 23.1 Å². The van der Waals surface area contributed by atoms with Gasteiger partial charge >= 0.3 is 0 Å². The summed E-state index contributed by atoms with van der Waals surface area (Å²) in [5, 5.41) is 12.3. The SMILES string of the molecule is CS(=O)(=O)c1ccc(/C(=C\C2CCCC2)C(=O)Nc2cnc(C(O)C(N)=O)cn2)cc1Cl. The van der Waals surface area contributed by atoms with Crippen molar-refractivity contribution in [3.8, 4) is 0 Å². The molecule has 2 aromatic rings. The highest BCUT2D eigenvalue weighted by Crippen LogP contribution is 2.32. The van der Waals surface area contributed by atoms with Gasteiger partial charge in [-0.25, -0.2) is 13.4 Å². The number of rotatable bonds is 7. The Kier molecular flexibility index (Phi) is 7.27. The van der Waals surface area contributed by atoms with E-state index < -0.39 is 27.8 Å². The van der Waals surface area contributed by atoms with E-state index in [9.17, 15) is 23.1 Å². The van der Waals surface area contributed by atoms with E-state index in [1.165, 1.54) is 18.3 Å². The minimum atomic E-state index is -3.51. The topological polar surface area (TPSA) is 152 Å². The van der Waals surface area contributed by atoms with E-state index in [0.29, 0.717) is 11.1 Å². The number of anilines is 1. The molecule has 0 spiro atoms. The number of allylic oxidation sites excluding steroid dienone is 1. The normalized spacial score (nSPS) is 16.0. The molecule has 0 radical (unpaired) electrons. The van der Waals surface area contributed by atoms with E-state index in [0.717, 1.165) is 38.1 Å². The quantitative estimate of drug-likeness (QED) is 0.516. The number of carbonyl (C=O) groups is 2. The number of carbonyl (C=O) groups excluding carboxylic acids is 2. The molecule has 1 unspecified atom stereocenters. The van der Waals surface area contributed by atoms with Crippen molar-refractivity contribution in [1.29, 1.82) is 0 Å². The molecule has 1 aliphatic rings. The Labute approximate surface area is 190 Å². The third-order valence-corrected chi connectivity index (χ3v) is 6.73.